The van der Waals surface area contributed by atoms with Crippen LogP contribution in [-0.4, -0.2) is 18.4 Å². The molecule has 2 aromatic rings. The van der Waals surface area contributed by atoms with Crippen molar-refractivity contribution < 1.29 is 22.8 Å². The summed E-state index contributed by atoms with van der Waals surface area (Å²) >= 11 is 6.03. The van der Waals surface area contributed by atoms with E-state index in [-0.39, 0.29) is 12.2 Å². The van der Waals surface area contributed by atoms with Crippen LogP contribution in [0.5, 0.6) is 0 Å². The van der Waals surface area contributed by atoms with E-state index < -0.39 is 23.6 Å². The van der Waals surface area contributed by atoms with Gasteiger partial charge in [0.2, 0.25) is 11.8 Å². The molecule has 8 heteroatoms. The van der Waals surface area contributed by atoms with Gasteiger partial charge in [-0.15, -0.1) is 0 Å². The van der Waals surface area contributed by atoms with Crippen LogP contribution in [0.15, 0.2) is 48.5 Å². The fourth-order valence-electron chi connectivity index (χ4n) is 2.12. The van der Waals surface area contributed by atoms with Crippen LogP contribution >= 0.6 is 11.6 Å². The number of para-hydroxylation sites is 1. The van der Waals surface area contributed by atoms with Crippen LogP contribution in [0.2, 0.25) is 5.02 Å². The molecule has 0 saturated carbocycles. The van der Waals surface area contributed by atoms with Gasteiger partial charge in [0.25, 0.3) is 0 Å². The first-order chi connectivity index (χ1) is 11.7. The van der Waals surface area contributed by atoms with Gasteiger partial charge in [0.1, 0.15) is 6.54 Å². The number of nitrogens with zero attached hydrogens (tertiary/aromatic N) is 1. The molecule has 0 aliphatic carbocycles. The second-order valence-electron chi connectivity index (χ2n) is 5.18. The Morgan fingerprint density at radius 3 is 2.20 bits per heavy atom. The summed E-state index contributed by atoms with van der Waals surface area (Å²) in [5.74, 6) is -0.953. The SMILES string of the molecule is CC(=O)N(CC(=O)Nc1ccc(C(F)(F)F)cc1)c1ccccc1Cl. The topological polar surface area (TPSA) is 49.4 Å². The smallest absolute Gasteiger partial charge is 0.325 e. The van der Waals surface area contributed by atoms with E-state index in [0.29, 0.717) is 10.7 Å². The number of halogens is 4. The van der Waals surface area contributed by atoms with Gasteiger partial charge < -0.3 is 10.2 Å². The fraction of sp³-hybridized carbons (Fsp3) is 0.176. The molecule has 0 aromatic heterocycles. The second-order valence-corrected chi connectivity index (χ2v) is 5.59. The van der Waals surface area contributed by atoms with Crippen LogP contribution in [0.4, 0.5) is 24.5 Å². The summed E-state index contributed by atoms with van der Waals surface area (Å²) in [4.78, 5) is 25.1. The van der Waals surface area contributed by atoms with Crippen molar-refractivity contribution >= 4 is 34.8 Å². The van der Waals surface area contributed by atoms with Crippen molar-refractivity contribution in [1.82, 2.24) is 0 Å². The lowest BCUT2D eigenvalue weighted by Crippen LogP contribution is -2.36. The second kappa shape index (κ2) is 7.57. The Balaban J connectivity index is 2.10. The van der Waals surface area contributed by atoms with E-state index in [1.807, 2.05) is 0 Å². The molecule has 0 atom stereocenters. The molecule has 0 fully saturated rings. The number of benzene rings is 2. The van der Waals surface area contributed by atoms with Crippen LogP contribution in [0.25, 0.3) is 0 Å². The van der Waals surface area contributed by atoms with Crippen molar-refractivity contribution in [2.24, 2.45) is 0 Å². The maximum Gasteiger partial charge on any atom is 0.416 e. The third-order valence-electron chi connectivity index (χ3n) is 3.32. The molecule has 1 N–H and O–H groups in total. The van der Waals surface area contributed by atoms with E-state index in [0.717, 1.165) is 24.3 Å². The van der Waals surface area contributed by atoms with Crippen LogP contribution in [0.3, 0.4) is 0 Å². The zero-order valence-electron chi connectivity index (χ0n) is 13.1. The van der Waals surface area contributed by atoms with E-state index in [2.05, 4.69) is 5.32 Å². The number of amides is 2. The number of nitrogens with one attached hydrogen (secondary N) is 1. The molecule has 132 valence electrons. The molecular weight excluding hydrogens is 357 g/mol. The fourth-order valence-corrected chi connectivity index (χ4v) is 2.36. The number of alkyl halides is 3. The highest BCUT2D eigenvalue weighted by molar-refractivity contribution is 6.33. The van der Waals surface area contributed by atoms with Gasteiger partial charge in [0.15, 0.2) is 0 Å². The third-order valence-corrected chi connectivity index (χ3v) is 3.64. The Hall–Kier alpha value is -2.54. The highest BCUT2D eigenvalue weighted by atomic mass is 35.5. The van der Waals surface area contributed by atoms with E-state index in [4.69, 9.17) is 11.6 Å². The van der Waals surface area contributed by atoms with E-state index in [9.17, 15) is 22.8 Å². The lowest BCUT2D eigenvalue weighted by atomic mass is 10.2. The van der Waals surface area contributed by atoms with Gasteiger partial charge in [0.05, 0.1) is 16.3 Å². The lowest BCUT2D eigenvalue weighted by molar-refractivity contribution is -0.137. The molecule has 2 aromatic carbocycles. The Kier molecular flexibility index (Phi) is 5.69. The van der Waals surface area contributed by atoms with Crippen LogP contribution in [0.1, 0.15) is 12.5 Å². The van der Waals surface area contributed by atoms with Gasteiger partial charge in [0, 0.05) is 12.6 Å². The Bertz CT molecular complexity index is 776. The predicted octanol–water partition coefficient (Wildman–Crippen LogP) is 4.35. The van der Waals surface area contributed by atoms with Crippen molar-refractivity contribution in [3.63, 3.8) is 0 Å². The quantitative estimate of drug-likeness (QED) is 0.869. The predicted molar refractivity (Wildman–Crippen MR) is 89.6 cm³/mol. The molecule has 2 rings (SSSR count). The van der Waals surface area contributed by atoms with E-state index >= 15 is 0 Å². The maximum absolute atomic E-state index is 12.5. The van der Waals surface area contributed by atoms with Gasteiger partial charge in [-0.25, -0.2) is 0 Å². The monoisotopic (exact) mass is 370 g/mol. The van der Waals surface area contributed by atoms with Crippen molar-refractivity contribution in [3.8, 4) is 0 Å². The normalized spacial score (nSPS) is 11.1. The van der Waals surface area contributed by atoms with Gasteiger partial charge >= 0.3 is 6.18 Å². The summed E-state index contributed by atoms with van der Waals surface area (Å²) in [6.45, 7) is 0.967. The van der Waals surface area contributed by atoms with E-state index in [1.165, 1.54) is 11.8 Å². The van der Waals surface area contributed by atoms with Crippen molar-refractivity contribution in [3.05, 3.63) is 59.1 Å². The molecule has 2 amide bonds. The summed E-state index contributed by atoms with van der Waals surface area (Å²) in [5, 5.41) is 2.76. The molecule has 0 spiro atoms. The minimum atomic E-state index is -4.45. The van der Waals surface area contributed by atoms with Crippen molar-refractivity contribution in [2.75, 3.05) is 16.8 Å². The average Bonchev–Trinajstić information content (AvgIpc) is 2.53. The van der Waals surface area contributed by atoms with Crippen molar-refractivity contribution in [2.45, 2.75) is 13.1 Å². The summed E-state index contributed by atoms with van der Waals surface area (Å²) in [6.07, 6.45) is -4.45. The van der Waals surface area contributed by atoms with Crippen LogP contribution in [-0.2, 0) is 15.8 Å². The summed E-state index contributed by atoms with van der Waals surface area (Å²) < 4.78 is 37.6. The van der Waals surface area contributed by atoms with Gasteiger partial charge in [-0.05, 0) is 36.4 Å². The van der Waals surface area contributed by atoms with Crippen molar-refractivity contribution in [1.29, 1.82) is 0 Å². The van der Waals surface area contributed by atoms with Gasteiger partial charge in [-0.3, -0.25) is 9.59 Å². The molecule has 0 heterocycles. The summed E-state index contributed by atoms with van der Waals surface area (Å²) in [7, 11) is 0. The van der Waals surface area contributed by atoms with Crippen LogP contribution < -0.4 is 10.2 Å². The van der Waals surface area contributed by atoms with Gasteiger partial charge in [-0.2, -0.15) is 13.2 Å². The average molecular weight is 371 g/mol. The third kappa shape index (κ3) is 4.96. The van der Waals surface area contributed by atoms with Crippen LogP contribution in [0, 0.1) is 0 Å². The molecule has 0 bridgehead atoms. The minimum Gasteiger partial charge on any atom is -0.325 e. The number of carbonyl (C=O) groups is 2. The molecule has 0 unspecified atom stereocenters. The summed E-state index contributed by atoms with van der Waals surface area (Å²) in [6, 6.07) is 10.6. The first kappa shape index (κ1) is 18.8. The molecule has 0 radical (unpaired) electrons. The standard InChI is InChI=1S/C17H14ClF3N2O2/c1-11(24)23(15-5-3-2-4-14(15)18)10-16(25)22-13-8-6-12(7-9-13)17(19,20)21/h2-9H,10H2,1H3,(H,22,25). The molecule has 25 heavy (non-hydrogen) atoms. The van der Waals surface area contributed by atoms with E-state index in [1.54, 1.807) is 24.3 Å². The highest BCUT2D eigenvalue weighted by Gasteiger charge is 2.30. The Labute approximate surface area is 147 Å². The molecule has 0 aliphatic heterocycles. The molecule has 0 saturated heterocycles. The molecular formula is C17H14ClF3N2O2. The number of hydrogen-bond donors (Lipinski definition) is 1. The lowest BCUT2D eigenvalue weighted by Gasteiger charge is -2.21. The zero-order chi connectivity index (χ0) is 18.6. The first-order valence-corrected chi connectivity index (χ1v) is 7.56. The Morgan fingerprint density at radius 2 is 1.68 bits per heavy atom. The number of anilines is 2. The minimum absolute atomic E-state index is 0.195. The molecule has 4 nitrogen and oxygen atoms in total. The molecule has 0 aliphatic rings. The maximum atomic E-state index is 12.5. The number of carbonyl (C=O) groups excluding carboxylic acids is 2. The number of rotatable bonds is 4. The summed E-state index contributed by atoms with van der Waals surface area (Å²) in [5.41, 5.74) is -0.244. The Morgan fingerprint density at radius 1 is 1.08 bits per heavy atom. The first-order valence-electron chi connectivity index (χ1n) is 7.18. The zero-order valence-corrected chi connectivity index (χ0v) is 13.9. The largest absolute Gasteiger partial charge is 0.416 e. The van der Waals surface area contributed by atoms with Gasteiger partial charge in [-0.1, -0.05) is 23.7 Å². The highest BCUT2D eigenvalue weighted by Crippen LogP contribution is 2.30. The number of hydrogen-bond acceptors (Lipinski definition) is 2.